The molecule has 1 atom stereocenters. The quantitative estimate of drug-likeness (QED) is 0.752. The lowest BCUT2D eigenvalue weighted by atomic mass is 9.99. The summed E-state index contributed by atoms with van der Waals surface area (Å²) in [6.45, 7) is 0. The zero-order valence-corrected chi connectivity index (χ0v) is 8.73. The molecule has 1 amide bonds. The Morgan fingerprint density at radius 3 is 2.50 bits per heavy atom. The number of hydrogen-bond donors (Lipinski definition) is 1. The van der Waals surface area contributed by atoms with Crippen molar-refractivity contribution in [2.75, 3.05) is 7.11 Å². The van der Waals surface area contributed by atoms with E-state index in [0.29, 0.717) is 6.42 Å². The maximum atomic E-state index is 11.2. The third kappa shape index (κ3) is 1.98. The van der Waals surface area contributed by atoms with Crippen LogP contribution in [0.3, 0.4) is 0 Å². The van der Waals surface area contributed by atoms with Crippen LogP contribution in [-0.2, 0) is 20.8 Å². The van der Waals surface area contributed by atoms with E-state index in [4.69, 9.17) is 4.74 Å². The first-order valence-electron chi connectivity index (χ1n) is 4.84. The van der Waals surface area contributed by atoms with Gasteiger partial charge in [-0.1, -0.05) is 12.1 Å². The Balaban J connectivity index is 2.08. The first-order valence-corrected chi connectivity index (χ1v) is 4.84. The number of nitrogens with one attached hydrogen (secondary N) is 1. The molecule has 1 saturated heterocycles. The first kappa shape index (κ1) is 10.5. The van der Waals surface area contributed by atoms with E-state index in [1.807, 2.05) is 17.6 Å². The van der Waals surface area contributed by atoms with Crippen LogP contribution in [0.2, 0.25) is 0 Å². The van der Waals surface area contributed by atoms with Crippen molar-refractivity contribution < 1.29 is 19.2 Å². The number of benzene rings is 1. The summed E-state index contributed by atoms with van der Waals surface area (Å²) in [5.41, 5.74) is 2.94. The molecule has 2 rings (SSSR count). The van der Waals surface area contributed by atoms with Crippen molar-refractivity contribution in [2.45, 2.75) is 6.42 Å². The molecule has 5 heteroatoms. The van der Waals surface area contributed by atoms with Gasteiger partial charge in [0.2, 0.25) is 0 Å². The first-order chi connectivity index (χ1) is 7.70. The van der Waals surface area contributed by atoms with E-state index >= 15 is 0 Å². The molecule has 0 aliphatic carbocycles. The van der Waals surface area contributed by atoms with Crippen LogP contribution in [-0.4, -0.2) is 19.0 Å². The molecule has 1 heterocycles. The van der Waals surface area contributed by atoms with Crippen LogP contribution in [0.1, 0.15) is 5.56 Å². The average Bonchev–Trinajstić information content (AvgIpc) is 2.62. The molecule has 1 N–H and O–H groups in total. The fourth-order valence-electron chi connectivity index (χ4n) is 1.52. The molecule has 16 heavy (non-hydrogen) atoms. The highest BCUT2D eigenvalue weighted by Crippen LogP contribution is 2.17. The number of hydrogen-bond acceptors (Lipinski definition) is 4. The maximum absolute atomic E-state index is 11.2. The van der Waals surface area contributed by atoms with Gasteiger partial charge in [-0.2, -0.15) is 5.48 Å². The number of rotatable bonds is 3. The van der Waals surface area contributed by atoms with Gasteiger partial charge in [0.05, 0.1) is 7.11 Å². The number of carbonyl (C=O) groups is 2. The van der Waals surface area contributed by atoms with Gasteiger partial charge < -0.3 is 9.57 Å². The fraction of sp³-hybridized carbons (Fsp3) is 0.273. The molecular weight excluding hydrogens is 210 g/mol. The third-order valence-electron chi connectivity index (χ3n) is 2.45. The Morgan fingerprint density at radius 1 is 1.31 bits per heavy atom. The maximum Gasteiger partial charge on any atom is 0.345 e. The van der Waals surface area contributed by atoms with Gasteiger partial charge in [0.15, 0.2) is 0 Å². The van der Waals surface area contributed by atoms with E-state index in [-0.39, 0.29) is 5.91 Å². The van der Waals surface area contributed by atoms with Crippen molar-refractivity contribution in [1.29, 1.82) is 0 Å². The summed E-state index contributed by atoms with van der Waals surface area (Å²) in [6.07, 6.45) is 0.342. The van der Waals surface area contributed by atoms with Gasteiger partial charge in [-0.3, -0.25) is 4.79 Å². The van der Waals surface area contributed by atoms with Crippen LogP contribution < -0.4 is 10.2 Å². The van der Waals surface area contributed by atoms with Gasteiger partial charge in [-0.15, -0.1) is 0 Å². The lowest BCUT2D eigenvalue weighted by Crippen LogP contribution is -2.21. The molecule has 84 valence electrons. The molecule has 1 aliphatic rings. The zero-order chi connectivity index (χ0) is 11.5. The summed E-state index contributed by atoms with van der Waals surface area (Å²) in [7, 11) is 1.58. The topological polar surface area (TPSA) is 64.6 Å². The Kier molecular flexibility index (Phi) is 2.76. The van der Waals surface area contributed by atoms with Gasteiger partial charge in [-0.25, -0.2) is 4.79 Å². The fourth-order valence-corrected chi connectivity index (χ4v) is 1.52. The number of methoxy groups -OCH3 is 1. The van der Waals surface area contributed by atoms with Crippen LogP contribution in [0.15, 0.2) is 24.3 Å². The monoisotopic (exact) mass is 221 g/mol. The van der Waals surface area contributed by atoms with Crippen molar-refractivity contribution in [3.8, 4) is 5.75 Å². The summed E-state index contributed by atoms with van der Waals surface area (Å²) in [4.78, 5) is 26.8. The van der Waals surface area contributed by atoms with E-state index in [9.17, 15) is 9.59 Å². The van der Waals surface area contributed by atoms with Crippen molar-refractivity contribution in [3.63, 3.8) is 0 Å². The minimum atomic E-state index is -0.742. The third-order valence-corrected chi connectivity index (χ3v) is 2.45. The second-order valence-corrected chi connectivity index (χ2v) is 3.49. The number of carbonyl (C=O) groups excluding carboxylic acids is 2. The number of ether oxygens (including phenoxy) is 1. The van der Waals surface area contributed by atoms with Crippen molar-refractivity contribution in [2.24, 2.45) is 5.92 Å². The predicted molar refractivity (Wildman–Crippen MR) is 54.4 cm³/mol. The standard InChI is InChI=1S/C11H11NO4/c1-15-8-4-2-7(3-5-8)6-9-10(13)12-16-11(9)14/h2-5,9H,6H2,1H3,(H,12,13). The molecule has 1 unspecified atom stereocenters. The largest absolute Gasteiger partial charge is 0.497 e. The van der Waals surface area contributed by atoms with Crippen LogP contribution in [0.25, 0.3) is 0 Å². The Morgan fingerprint density at radius 2 is 2.00 bits per heavy atom. The van der Waals surface area contributed by atoms with E-state index in [1.54, 1.807) is 19.2 Å². The van der Waals surface area contributed by atoms with Gasteiger partial charge in [0.1, 0.15) is 11.7 Å². The lowest BCUT2D eigenvalue weighted by Gasteiger charge is -2.04. The summed E-state index contributed by atoms with van der Waals surface area (Å²) in [5, 5.41) is 0. The van der Waals surface area contributed by atoms with Gasteiger partial charge in [0, 0.05) is 0 Å². The molecule has 1 aromatic rings. The highest BCUT2D eigenvalue weighted by molar-refractivity contribution is 6.01. The van der Waals surface area contributed by atoms with Crippen LogP contribution >= 0.6 is 0 Å². The molecule has 0 saturated carbocycles. The van der Waals surface area contributed by atoms with Crippen LogP contribution in [0, 0.1) is 5.92 Å². The van der Waals surface area contributed by atoms with Crippen molar-refractivity contribution in [1.82, 2.24) is 5.48 Å². The summed E-state index contributed by atoms with van der Waals surface area (Å²) < 4.78 is 5.01. The second kappa shape index (κ2) is 4.22. The molecule has 0 spiro atoms. The smallest absolute Gasteiger partial charge is 0.345 e. The predicted octanol–water partition coefficient (Wildman–Crippen LogP) is 0.442. The highest BCUT2D eigenvalue weighted by atomic mass is 16.7. The normalized spacial score (nSPS) is 19.2. The average molecular weight is 221 g/mol. The number of amides is 1. The second-order valence-electron chi connectivity index (χ2n) is 3.49. The van der Waals surface area contributed by atoms with E-state index in [2.05, 4.69) is 4.84 Å². The van der Waals surface area contributed by atoms with Crippen molar-refractivity contribution in [3.05, 3.63) is 29.8 Å². The molecule has 1 aliphatic heterocycles. The van der Waals surface area contributed by atoms with Crippen LogP contribution in [0.5, 0.6) is 5.75 Å². The molecule has 0 bridgehead atoms. The van der Waals surface area contributed by atoms with Gasteiger partial charge in [-0.05, 0) is 24.1 Å². The van der Waals surface area contributed by atoms with E-state index < -0.39 is 11.9 Å². The minimum absolute atomic E-state index is 0.342. The lowest BCUT2D eigenvalue weighted by molar-refractivity contribution is -0.146. The molecular formula is C11H11NO4. The Bertz CT molecular complexity index is 396. The van der Waals surface area contributed by atoms with Gasteiger partial charge in [0.25, 0.3) is 5.91 Å². The number of hydroxylamine groups is 1. The molecule has 1 fully saturated rings. The summed E-state index contributed by atoms with van der Waals surface area (Å²) in [5.74, 6) is -0.919. The minimum Gasteiger partial charge on any atom is -0.497 e. The van der Waals surface area contributed by atoms with Gasteiger partial charge >= 0.3 is 5.97 Å². The molecule has 0 aromatic heterocycles. The van der Waals surface area contributed by atoms with E-state index in [0.717, 1.165) is 11.3 Å². The Hall–Kier alpha value is -2.04. The molecule has 1 aromatic carbocycles. The van der Waals surface area contributed by atoms with E-state index in [1.165, 1.54) is 0 Å². The molecule has 0 radical (unpaired) electrons. The Labute approximate surface area is 92.3 Å². The SMILES string of the molecule is COc1ccc(CC2C(=O)NOC2=O)cc1. The molecule has 5 nitrogen and oxygen atoms in total. The van der Waals surface area contributed by atoms with Crippen LogP contribution in [0.4, 0.5) is 0 Å². The van der Waals surface area contributed by atoms with Crippen molar-refractivity contribution >= 4 is 11.9 Å². The summed E-state index contributed by atoms with van der Waals surface area (Å²) in [6, 6.07) is 7.20. The zero-order valence-electron chi connectivity index (χ0n) is 8.73. The summed E-state index contributed by atoms with van der Waals surface area (Å²) >= 11 is 0. The highest BCUT2D eigenvalue weighted by Gasteiger charge is 2.35.